The van der Waals surface area contributed by atoms with Gasteiger partial charge < -0.3 is 23.9 Å². The highest BCUT2D eigenvalue weighted by Crippen LogP contribution is 2.47. The predicted molar refractivity (Wildman–Crippen MR) is 128 cm³/mol. The lowest BCUT2D eigenvalue weighted by molar-refractivity contribution is -0.00176. The summed E-state index contributed by atoms with van der Waals surface area (Å²) in [6.07, 6.45) is 2.25. The molecular formula is C25H22ClFN4O5. The quantitative estimate of drug-likeness (QED) is 0.378. The van der Waals surface area contributed by atoms with E-state index in [1.807, 2.05) is 24.3 Å². The smallest absolute Gasteiger partial charge is 0.358 e. The summed E-state index contributed by atoms with van der Waals surface area (Å²) in [5.41, 5.74) is 2.07. The summed E-state index contributed by atoms with van der Waals surface area (Å²) in [4.78, 5) is 11.2. The Morgan fingerprint density at radius 1 is 1.19 bits per heavy atom. The van der Waals surface area contributed by atoms with Crippen LogP contribution < -0.4 is 9.47 Å². The SMILES string of the molecule is COc1cccc([C@H]2O[C@H](CCn3cc(C(=O)O)nn3)c3cccn3-c3c(F)cc(Cl)cc32)c1OC. The summed E-state index contributed by atoms with van der Waals surface area (Å²) in [6, 6.07) is 12.0. The Kier molecular flexibility index (Phi) is 6.38. The molecule has 2 atom stereocenters. The Balaban J connectivity index is 1.62. The van der Waals surface area contributed by atoms with Crippen LogP contribution in [0.1, 0.15) is 45.9 Å². The van der Waals surface area contributed by atoms with Crippen molar-refractivity contribution in [3.8, 4) is 17.2 Å². The lowest BCUT2D eigenvalue weighted by Gasteiger charge is -2.25. The molecule has 0 unspecified atom stereocenters. The zero-order valence-electron chi connectivity index (χ0n) is 19.4. The summed E-state index contributed by atoms with van der Waals surface area (Å²) >= 11 is 6.30. The van der Waals surface area contributed by atoms with Crippen molar-refractivity contribution in [3.63, 3.8) is 0 Å². The Morgan fingerprint density at radius 2 is 2.03 bits per heavy atom. The first-order valence-corrected chi connectivity index (χ1v) is 11.5. The zero-order valence-corrected chi connectivity index (χ0v) is 20.1. The van der Waals surface area contributed by atoms with Crippen LogP contribution in [0, 0.1) is 5.82 Å². The highest BCUT2D eigenvalue weighted by Gasteiger charge is 2.34. The van der Waals surface area contributed by atoms with Gasteiger partial charge in [0.25, 0.3) is 0 Å². The van der Waals surface area contributed by atoms with E-state index in [2.05, 4.69) is 10.3 Å². The first kappa shape index (κ1) is 23.8. The summed E-state index contributed by atoms with van der Waals surface area (Å²) in [7, 11) is 3.07. The lowest BCUT2D eigenvalue weighted by atomic mass is 9.98. The van der Waals surface area contributed by atoms with E-state index in [0.29, 0.717) is 41.3 Å². The van der Waals surface area contributed by atoms with Gasteiger partial charge in [0, 0.05) is 28.9 Å². The van der Waals surface area contributed by atoms with Crippen LogP contribution in [0.2, 0.25) is 5.02 Å². The number of halogens is 2. The van der Waals surface area contributed by atoms with Gasteiger partial charge in [-0.25, -0.2) is 9.18 Å². The van der Waals surface area contributed by atoms with E-state index in [9.17, 15) is 4.79 Å². The molecule has 0 fully saturated rings. The minimum Gasteiger partial charge on any atom is -0.493 e. The maximum atomic E-state index is 15.4. The van der Waals surface area contributed by atoms with Crippen LogP contribution in [0.5, 0.6) is 11.5 Å². The van der Waals surface area contributed by atoms with Crippen LogP contribution in [-0.4, -0.2) is 44.9 Å². The fourth-order valence-corrected chi connectivity index (χ4v) is 4.75. The van der Waals surface area contributed by atoms with Gasteiger partial charge >= 0.3 is 5.97 Å². The van der Waals surface area contributed by atoms with E-state index >= 15 is 4.39 Å². The van der Waals surface area contributed by atoms with Crippen molar-refractivity contribution in [2.45, 2.75) is 25.2 Å². The average molecular weight is 513 g/mol. The minimum atomic E-state index is -1.16. The Labute approximate surface area is 210 Å². The summed E-state index contributed by atoms with van der Waals surface area (Å²) in [5, 5.41) is 16.9. The lowest BCUT2D eigenvalue weighted by Crippen LogP contribution is -2.14. The Morgan fingerprint density at radius 3 is 2.75 bits per heavy atom. The van der Waals surface area contributed by atoms with Gasteiger partial charge in [0.15, 0.2) is 17.2 Å². The second kappa shape index (κ2) is 9.63. The number of hydrogen-bond acceptors (Lipinski definition) is 6. The summed E-state index contributed by atoms with van der Waals surface area (Å²) < 4.78 is 36.5. The van der Waals surface area contributed by atoms with Crippen molar-refractivity contribution in [2.75, 3.05) is 14.2 Å². The number of rotatable bonds is 7. The first-order valence-electron chi connectivity index (χ1n) is 11.1. The monoisotopic (exact) mass is 512 g/mol. The van der Waals surface area contributed by atoms with E-state index < -0.39 is 24.0 Å². The van der Waals surface area contributed by atoms with E-state index in [0.717, 1.165) is 5.69 Å². The third-order valence-corrected chi connectivity index (χ3v) is 6.30. The van der Waals surface area contributed by atoms with E-state index in [1.165, 1.54) is 31.2 Å². The maximum Gasteiger partial charge on any atom is 0.358 e. The number of fused-ring (bicyclic) bond motifs is 3. The molecule has 5 rings (SSSR count). The number of nitrogens with zero attached hydrogens (tertiary/aromatic N) is 4. The van der Waals surface area contributed by atoms with Crippen LogP contribution in [0.15, 0.2) is 54.9 Å². The predicted octanol–water partition coefficient (Wildman–Crippen LogP) is 4.83. The van der Waals surface area contributed by atoms with Gasteiger partial charge in [0.05, 0.1) is 31.8 Å². The number of aromatic nitrogens is 4. The molecule has 2 aromatic heterocycles. The van der Waals surface area contributed by atoms with Crippen molar-refractivity contribution in [1.82, 2.24) is 19.6 Å². The molecule has 36 heavy (non-hydrogen) atoms. The second-order valence-corrected chi connectivity index (χ2v) is 8.61. The molecule has 2 aromatic carbocycles. The molecular weight excluding hydrogens is 491 g/mol. The fraction of sp³-hybridized carbons (Fsp3) is 0.240. The first-order chi connectivity index (χ1) is 17.4. The molecule has 4 aromatic rings. The molecule has 0 saturated heterocycles. The van der Waals surface area contributed by atoms with Crippen LogP contribution >= 0.6 is 11.6 Å². The van der Waals surface area contributed by atoms with E-state index in [1.54, 1.807) is 22.9 Å². The van der Waals surface area contributed by atoms with Crippen LogP contribution in [0.3, 0.4) is 0 Å². The highest BCUT2D eigenvalue weighted by molar-refractivity contribution is 6.30. The van der Waals surface area contributed by atoms with E-state index in [-0.39, 0.29) is 10.7 Å². The fourth-order valence-electron chi connectivity index (χ4n) is 4.54. The number of hydrogen-bond donors (Lipinski definition) is 1. The molecule has 0 bridgehead atoms. The van der Waals surface area contributed by atoms with Gasteiger partial charge in [-0.1, -0.05) is 28.9 Å². The zero-order chi connectivity index (χ0) is 25.4. The maximum absolute atomic E-state index is 15.4. The standard InChI is InChI=1S/C25H22ClFN4O5/c1-34-21-7-3-5-15(24(21)35-2)23-16-11-14(26)12-17(27)22(16)31-9-4-6-19(31)20(36-23)8-10-30-13-18(25(32)33)28-29-30/h3-7,9,11-13,20,23H,8,10H2,1-2H3,(H,32,33)/t20-,23-/m1/s1. The highest BCUT2D eigenvalue weighted by atomic mass is 35.5. The van der Waals surface area contributed by atoms with Crippen LogP contribution in [0.25, 0.3) is 5.69 Å². The largest absolute Gasteiger partial charge is 0.493 e. The van der Waals surface area contributed by atoms with Gasteiger partial charge in [-0.3, -0.25) is 4.68 Å². The molecule has 0 spiro atoms. The number of aromatic carboxylic acids is 1. The minimum absolute atomic E-state index is 0.150. The number of methoxy groups -OCH3 is 2. The molecule has 0 aliphatic carbocycles. The summed E-state index contributed by atoms with van der Waals surface area (Å²) in [6.45, 7) is 0.317. The summed E-state index contributed by atoms with van der Waals surface area (Å²) in [5.74, 6) is -0.682. The average Bonchev–Trinajstić information content (AvgIpc) is 3.51. The van der Waals surface area contributed by atoms with Crippen LogP contribution in [0.4, 0.5) is 4.39 Å². The Bertz CT molecular complexity index is 1440. The van der Waals surface area contributed by atoms with Gasteiger partial charge in [-0.15, -0.1) is 5.10 Å². The topological polar surface area (TPSA) is 101 Å². The van der Waals surface area contributed by atoms with Gasteiger partial charge in [0.1, 0.15) is 18.0 Å². The molecule has 3 heterocycles. The number of para-hydroxylation sites is 1. The molecule has 1 N–H and O–H groups in total. The van der Waals surface area contributed by atoms with Crippen LogP contribution in [-0.2, 0) is 11.3 Å². The number of aryl methyl sites for hydroxylation is 1. The third-order valence-electron chi connectivity index (χ3n) is 6.09. The molecule has 0 amide bonds. The van der Waals surface area contributed by atoms with Crippen molar-refractivity contribution in [1.29, 1.82) is 0 Å². The molecule has 11 heteroatoms. The molecule has 1 aliphatic heterocycles. The number of ether oxygens (including phenoxy) is 3. The second-order valence-electron chi connectivity index (χ2n) is 8.18. The van der Waals surface area contributed by atoms with Crippen molar-refractivity contribution >= 4 is 17.6 Å². The van der Waals surface area contributed by atoms with Gasteiger partial charge in [-0.05, 0) is 36.8 Å². The molecule has 186 valence electrons. The number of carboxylic acids is 1. The number of benzene rings is 2. The molecule has 1 aliphatic rings. The normalized spacial score (nSPS) is 16.7. The Hall–Kier alpha value is -3.89. The molecule has 0 saturated carbocycles. The van der Waals surface area contributed by atoms with Crippen molar-refractivity contribution in [3.05, 3.63) is 88.2 Å². The molecule has 9 nitrogen and oxygen atoms in total. The molecule has 0 radical (unpaired) electrons. The third kappa shape index (κ3) is 4.18. The van der Waals surface area contributed by atoms with Crippen molar-refractivity contribution < 1.29 is 28.5 Å². The number of carboxylic acid groups (broad SMARTS) is 1. The number of carbonyl (C=O) groups is 1. The van der Waals surface area contributed by atoms with Crippen molar-refractivity contribution in [2.24, 2.45) is 0 Å². The van der Waals surface area contributed by atoms with E-state index in [4.69, 9.17) is 30.9 Å². The van der Waals surface area contributed by atoms with Gasteiger partial charge in [-0.2, -0.15) is 0 Å². The van der Waals surface area contributed by atoms with Gasteiger partial charge in [0.2, 0.25) is 0 Å².